The van der Waals surface area contributed by atoms with E-state index < -0.39 is 0 Å². The number of hydrogen-bond acceptors (Lipinski definition) is 5. The molecular formula is C12H21N3OS. The number of nitrogens with one attached hydrogen (secondary N) is 1. The van der Waals surface area contributed by atoms with Crippen LogP contribution in [0, 0.1) is 0 Å². The van der Waals surface area contributed by atoms with E-state index in [1.54, 1.807) is 18.4 Å². The Kier molecular flexibility index (Phi) is 3.58. The molecule has 1 heterocycles. The van der Waals surface area contributed by atoms with Crippen LogP contribution >= 0.6 is 11.3 Å². The lowest BCUT2D eigenvalue weighted by molar-refractivity contribution is 0.206. The monoisotopic (exact) mass is 255 g/mol. The predicted octanol–water partition coefficient (Wildman–Crippen LogP) is 2.25. The van der Waals surface area contributed by atoms with E-state index in [4.69, 9.17) is 4.74 Å². The van der Waals surface area contributed by atoms with Gasteiger partial charge in [-0.25, -0.2) is 0 Å². The zero-order chi connectivity index (χ0) is 12.5. The van der Waals surface area contributed by atoms with Crippen LogP contribution in [0.2, 0.25) is 0 Å². The zero-order valence-electron chi connectivity index (χ0n) is 11.0. The molecule has 96 valence electrons. The third-order valence-electron chi connectivity index (χ3n) is 3.36. The Hall–Kier alpha value is -0.810. The van der Waals surface area contributed by atoms with E-state index in [2.05, 4.69) is 17.2 Å². The van der Waals surface area contributed by atoms with Crippen molar-refractivity contribution in [3.63, 3.8) is 0 Å². The molecule has 1 aliphatic rings. The predicted molar refractivity (Wildman–Crippen MR) is 72.1 cm³/mol. The lowest BCUT2D eigenvalue weighted by atomic mass is 9.78. The van der Waals surface area contributed by atoms with Gasteiger partial charge < -0.3 is 15.0 Å². The summed E-state index contributed by atoms with van der Waals surface area (Å²) in [5.74, 6) is 0.758. The average Bonchev–Trinajstić information content (AvgIpc) is 2.67. The summed E-state index contributed by atoms with van der Waals surface area (Å²) in [4.78, 5) is 7.66. The van der Waals surface area contributed by atoms with Gasteiger partial charge in [-0.2, -0.15) is 4.98 Å². The Bertz CT molecular complexity index is 385. The van der Waals surface area contributed by atoms with Crippen molar-refractivity contribution in [1.29, 1.82) is 0 Å². The fourth-order valence-electron chi connectivity index (χ4n) is 1.97. The normalized spacial score (nSPS) is 17.6. The molecule has 5 heteroatoms. The highest BCUT2D eigenvalue weighted by molar-refractivity contribution is 7.15. The molecule has 1 aromatic rings. The van der Waals surface area contributed by atoms with Crippen LogP contribution in [0.15, 0.2) is 0 Å². The van der Waals surface area contributed by atoms with E-state index in [0.29, 0.717) is 5.54 Å². The van der Waals surface area contributed by atoms with Crippen LogP contribution in [0.3, 0.4) is 0 Å². The van der Waals surface area contributed by atoms with Gasteiger partial charge in [0.15, 0.2) is 5.13 Å². The minimum absolute atomic E-state index is 0.327. The molecular weight excluding hydrogens is 234 g/mol. The number of anilines is 1. The van der Waals surface area contributed by atoms with Crippen molar-refractivity contribution < 1.29 is 4.74 Å². The molecule has 0 bridgehead atoms. The van der Waals surface area contributed by atoms with Gasteiger partial charge in [-0.15, -0.1) is 0 Å². The molecule has 0 aliphatic heterocycles. The van der Waals surface area contributed by atoms with Crippen LogP contribution in [-0.2, 0) is 6.54 Å². The quantitative estimate of drug-likeness (QED) is 0.875. The number of aromatic nitrogens is 1. The molecule has 17 heavy (non-hydrogen) atoms. The van der Waals surface area contributed by atoms with Gasteiger partial charge in [0.2, 0.25) is 5.88 Å². The van der Waals surface area contributed by atoms with E-state index >= 15 is 0 Å². The molecule has 1 saturated carbocycles. The van der Waals surface area contributed by atoms with Crippen LogP contribution in [0.1, 0.15) is 31.1 Å². The number of hydrogen-bond donors (Lipinski definition) is 1. The van der Waals surface area contributed by atoms with Crippen LogP contribution in [-0.4, -0.2) is 31.7 Å². The molecule has 0 radical (unpaired) electrons. The Morgan fingerprint density at radius 2 is 2.18 bits per heavy atom. The summed E-state index contributed by atoms with van der Waals surface area (Å²) in [6.45, 7) is 3.14. The summed E-state index contributed by atoms with van der Waals surface area (Å²) in [5.41, 5.74) is 0.327. The van der Waals surface area contributed by atoms with E-state index in [1.165, 1.54) is 24.1 Å². The number of rotatable bonds is 5. The number of nitrogens with zero attached hydrogens (tertiary/aromatic N) is 2. The van der Waals surface area contributed by atoms with Gasteiger partial charge in [0.05, 0.1) is 12.0 Å². The zero-order valence-corrected chi connectivity index (χ0v) is 11.9. The minimum atomic E-state index is 0.327. The first kappa shape index (κ1) is 12.6. The standard InChI is InChI=1S/C12H21N3OS/c1-12(6-5-7-12)13-8-9-10(16-4)14-11(17-9)15(2)3/h13H,5-8H2,1-4H3. The minimum Gasteiger partial charge on any atom is -0.480 e. The maximum absolute atomic E-state index is 5.33. The number of thiazole rings is 1. The number of ether oxygens (including phenoxy) is 1. The summed E-state index contributed by atoms with van der Waals surface area (Å²) < 4.78 is 5.33. The van der Waals surface area contributed by atoms with Crippen molar-refractivity contribution in [2.45, 2.75) is 38.3 Å². The van der Waals surface area contributed by atoms with Crippen molar-refractivity contribution in [3.8, 4) is 5.88 Å². The van der Waals surface area contributed by atoms with Crippen LogP contribution < -0.4 is 15.0 Å². The number of methoxy groups -OCH3 is 1. The summed E-state index contributed by atoms with van der Waals surface area (Å²) in [5, 5.41) is 4.61. The molecule has 1 N–H and O–H groups in total. The second kappa shape index (κ2) is 4.82. The molecule has 1 aliphatic carbocycles. The van der Waals surface area contributed by atoms with Gasteiger partial charge in [-0.3, -0.25) is 0 Å². The highest BCUT2D eigenvalue weighted by Crippen LogP contribution is 2.34. The van der Waals surface area contributed by atoms with Gasteiger partial charge >= 0.3 is 0 Å². The molecule has 0 aromatic carbocycles. The fourth-order valence-corrected chi connectivity index (χ4v) is 2.86. The molecule has 1 fully saturated rings. The molecule has 0 saturated heterocycles. The van der Waals surface area contributed by atoms with Crippen molar-refractivity contribution in [2.75, 3.05) is 26.1 Å². The van der Waals surface area contributed by atoms with Crippen LogP contribution in [0.5, 0.6) is 5.88 Å². The van der Waals surface area contributed by atoms with E-state index in [1.807, 2.05) is 19.0 Å². The van der Waals surface area contributed by atoms with Crippen molar-refractivity contribution >= 4 is 16.5 Å². The second-order valence-corrected chi connectivity index (χ2v) is 6.15. The highest BCUT2D eigenvalue weighted by Gasteiger charge is 2.31. The third kappa shape index (κ3) is 2.72. The van der Waals surface area contributed by atoms with Crippen LogP contribution in [0.25, 0.3) is 0 Å². The van der Waals surface area contributed by atoms with Gasteiger partial charge in [-0.05, 0) is 26.2 Å². The van der Waals surface area contributed by atoms with Gasteiger partial charge in [-0.1, -0.05) is 11.3 Å². The maximum atomic E-state index is 5.33. The Morgan fingerprint density at radius 3 is 2.65 bits per heavy atom. The third-order valence-corrected chi connectivity index (χ3v) is 4.56. The van der Waals surface area contributed by atoms with Crippen LogP contribution in [0.4, 0.5) is 5.13 Å². The Balaban J connectivity index is 2.03. The summed E-state index contributed by atoms with van der Waals surface area (Å²) in [6, 6.07) is 0. The first-order chi connectivity index (χ1) is 8.04. The molecule has 1 aromatic heterocycles. The molecule has 4 nitrogen and oxygen atoms in total. The smallest absolute Gasteiger partial charge is 0.230 e. The first-order valence-corrected chi connectivity index (χ1v) is 6.82. The van der Waals surface area contributed by atoms with E-state index in [9.17, 15) is 0 Å². The molecule has 0 unspecified atom stereocenters. The van der Waals surface area contributed by atoms with Gasteiger partial charge in [0.25, 0.3) is 0 Å². The topological polar surface area (TPSA) is 37.4 Å². The van der Waals surface area contributed by atoms with Gasteiger partial charge in [0, 0.05) is 26.2 Å². The molecule has 0 atom stereocenters. The lowest BCUT2D eigenvalue weighted by Gasteiger charge is -2.39. The molecule has 0 spiro atoms. The summed E-state index contributed by atoms with van der Waals surface area (Å²) >= 11 is 1.69. The van der Waals surface area contributed by atoms with Crippen molar-refractivity contribution in [3.05, 3.63) is 4.88 Å². The van der Waals surface area contributed by atoms with E-state index in [0.717, 1.165) is 17.6 Å². The summed E-state index contributed by atoms with van der Waals surface area (Å²) in [6.07, 6.45) is 3.88. The largest absolute Gasteiger partial charge is 0.480 e. The lowest BCUT2D eigenvalue weighted by Crippen LogP contribution is -2.47. The van der Waals surface area contributed by atoms with E-state index in [-0.39, 0.29) is 0 Å². The maximum Gasteiger partial charge on any atom is 0.230 e. The molecule has 0 amide bonds. The summed E-state index contributed by atoms with van der Waals surface area (Å²) in [7, 11) is 5.69. The Morgan fingerprint density at radius 1 is 1.47 bits per heavy atom. The fraction of sp³-hybridized carbons (Fsp3) is 0.750. The highest BCUT2D eigenvalue weighted by atomic mass is 32.1. The van der Waals surface area contributed by atoms with Crippen molar-refractivity contribution in [1.82, 2.24) is 10.3 Å². The SMILES string of the molecule is COc1nc(N(C)C)sc1CNC1(C)CCC1. The second-order valence-electron chi connectivity index (χ2n) is 5.09. The van der Waals surface area contributed by atoms with Crippen molar-refractivity contribution in [2.24, 2.45) is 0 Å². The Labute approximate surface area is 107 Å². The first-order valence-electron chi connectivity index (χ1n) is 6.00. The molecule has 2 rings (SSSR count). The van der Waals surface area contributed by atoms with Gasteiger partial charge in [0.1, 0.15) is 0 Å². The average molecular weight is 255 g/mol.